The Morgan fingerprint density at radius 3 is 2.48 bits per heavy atom. The van der Waals surface area contributed by atoms with Crippen LogP contribution in [0.5, 0.6) is 11.5 Å². The number of halogens is 1. The first-order valence-electron chi connectivity index (χ1n) is 7.60. The van der Waals surface area contributed by atoms with Crippen molar-refractivity contribution in [1.29, 1.82) is 0 Å². The monoisotopic (exact) mass is 432 g/mol. The average Bonchev–Trinajstić information content (AvgIpc) is 2.65. The highest BCUT2D eigenvalue weighted by atomic mass is 79.9. The van der Waals surface area contributed by atoms with E-state index in [9.17, 15) is 19.5 Å². The van der Waals surface area contributed by atoms with Gasteiger partial charge in [0.25, 0.3) is 11.8 Å². The van der Waals surface area contributed by atoms with Crippen molar-refractivity contribution >= 4 is 38.7 Å². The van der Waals surface area contributed by atoms with Gasteiger partial charge in [-0.1, -0.05) is 22.0 Å². The fourth-order valence-electron chi connectivity index (χ4n) is 2.37. The second-order valence-electron chi connectivity index (χ2n) is 5.39. The SMILES string of the molecule is COc1cccc(C(=O)NNC(=O)c2cc3cc(Br)ccc3oc2=O)c1O. The summed E-state index contributed by atoms with van der Waals surface area (Å²) in [4.78, 5) is 36.4. The summed E-state index contributed by atoms with van der Waals surface area (Å²) in [5.74, 6) is -1.91. The summed E-state index contributed by atoms with van der Waals surface area (Å²) in [6, 6.07) is 10.7. The van der Waals surface area contributed by atoms with Crippen LogP contribution in [0.2, 0.25) is 0 Å². The number of rotatable bonds is 3. The second-order valence-corrected chi connectivity index (χ2v) is 6.31. The lowest BCUT2D eigenvalue weighted by Gasteiger charge is -2.10. The molecule has 3 aromatic rings. The summed E-state index contributed by atoms with van der Waals surface area (Å²) in [7, 11) is 1.34. The lowest BCUT2D eigenvalue weighted by molar-refractivity contribution is 0.0842. The number of ether oxygens (including phenoxy) is 1. The number of hydrogen-bond acceptors (Lipinski definition) is 6. The van der Waals surface area contributed by atoms with E-state index in [1.807, 2.05) is 0 Å². The molecule has 0 saturated carbocycles. The molecule has 0 aliphatic heterocycles. The van der Waals surface area contributed by atoms with Crippen LogP contribution in [0.4, 0.5) is 0 Å². The zero-order valence-electron chi connectivity index (χ0n) is 13.9. The van der Waals surface area contributed by atoms with Gasteiger partial charge in [0.05, 0.1) is 12.7 Å². The third kappa shape index (κ3) is 3.77. The summed E-state index contributed by atoms with van der Waals surface area (Å²) in [5, 5.41) is 10.5. The van der Waals surface area contributed by atoms with Gasteiger partial charge in [-0.05, 0) is 36.4 Å². The number of methoxy groups -OCH3 is 1. The molecular formula is C18H13BrN2O6. The van der Waals surface area contributed by atoms with Crippen LogP contribution >= 0.6 is 15.9 Å². The lowest BCUT2D eigenvalue weighted by Crippen LogP contribution is -2.43. The minimum Gasteiger partial charge on any atom is -0.504 e. The molecule has 0 fully saturated rings. The summed E-state index contributed by atoms with van der Waals surface area (Å²) in [5.41, 5.74) is 3.34. The molecule has 2 amide bonds. The van der Waals surface area contributed by atoms with Gasteiger partial charge < -0.3 is 14.3 Å². The summed E-state index contributed by atoms with van der Waals surface area (Å²) >= 11 is 3.30. The number of phenols is 1. The van der Waals surface area contributed by atoms with E-state index in [4.69, 9.17) is 9.15 Å². The first-order valence-corrected chi connectivity index (χ1v) is 8.40. The number of fused-ring (bicyclic) bond motifs is 1. The fourth-order valence-corrected chi connectivity index (χ4v) is 2.75. The number of hydrazine groups is 1. The maximum Gasteiger partial charge on any atom is 0.349 e. The van der Waals surface area contributed by atoms with Gasteiger partial charge in [-0.3, -0.25) is 20.4 Å². The molecule has 0 bridgehead atoms. The Kier molecular flexibility index (Phi) is 5.13. The summed E-state index contributed by atoms with van der Waals surface area (Å²) < 4.78 is 10.8. The maximum atomic E-state index is 12.3. The number of amides is 2. The van der Waals surface area contributed by atoms with Crippen LogP contribution in [-0.4, -0.2) is 24.0 Å². The van der Waals surface area contributed by atoms with Crippen LogP contribution in [0.1, 0.15) is 20.7 Å². The van der Waals surface area contributed by atoms with Gasteiger partial charge in [-0.2, -0.15) is 0 Å². The van der Waals surface area contributed by atoms with Crippen LogP contribution in [0.25, 0.3) is 11.0 Å². The molecule has 3 rings (SSSR count). The number of phenolic OH excluding ortho intramolecular Hbond substituents is 1. The van der Waals surface area contributed by atoms with Gasteiger partial charge in [0, 0.05) is 9.86 Å². The van der Waals surface area contributed by atoms with Gasteiger partial charge in [-0.25, -0.2) is 4.79 Å². The van der Waals surface area contributed by atoms with Crippen molar-refractivity contribution in [1.82, 2.24) is 10.9 Å². The highest BCUT2D eigenvalue weighted by Gasteiger charge is 2.18. The third-order valence-corrected chi connectivity index (χ3v) is 4.19. The van der Waals surface area contributed by atoms with Crippen LogP contribution in [-0.2, 0) is 0 Å². The minimum atomic E-state index is -0.860. The van der Waals surface area contributed by atoms with E-state index in [1.165, 1.54) is 31.4 Å². The molecule has 27 heavy (non-hydrogen) atoms. The molecule has 0 radical (unpaired) electrons. The molecule has 0 aliphatic carbocycles. The Morgan fingerprint density at radius 2 is 1.78 bits per heavy atom. The second kappa shape index (κ2) is 7.50. The number of carbonyl (C=O) groups excluding carboxylic acids is 2. The van der Waals surface area contributed by atoms with E-state index in [-0.39, 0.29) is 22.6 Å². The Morgan fingerprint density at radius 1 is 1.07 bits per heavy atom. The molecule has 3 N–H and O–H groups in total. The summed E-state index contributed by atoms with van der Waals surface area (Å²) in [6.07, 6.45) is 0. The summed E-state index contributed by atoms with van der Waals surface area (Å²) in [6.45, 7) is 0. The highest BCUT2D eigenvalue weighted by molar-refractivity contribution is 9.10. The topological polar surface area (TPSA) is 118 Å². The van der Waals surface area contributed by atoms with Crippen LogP contribution in [0, 0.1) is 0 Å². The molecule has 138 valence electrons. The van der Waals surface area contributed by atoms with Crippen LogP contribution in [0.3, 0.4) is 0 Å². The number of aromatic hydroxyl groups is 1. The molecule has 0 atom stereocenters. The van der Waals surface area contributed by atoms with Crippen LogP contribution < -0.4 is 21.2 Å². The predicted molar refractivity (Wildman–Crippen MR) is 99.8 cm³/mol. The molecule has 0 unspecified atom stereocenters. The number of hydrogen-bond donors (Lipinski definition) is 3. The minimum absolute atomic E-state index is 0.106. The van der Waals surface area contributed by atoms with E-state index >= 15 is 0 Å². The Balaban J connectivity index is 1.80. The standard InChI is InChI=1S/C18H13BrN2O6/c1-26-14-4-2-3-11(15(14)22)16(23)20-21-17(24)12-8-9-7-10(19)5-6-13(9)27-18(12)25/h2-8,22H,1H3,(H,20,23)(H,21,24). The Labute approximate surface area is 160 Å². The van der Waals surface area contributed by atoms with Gasteiger partial charge in [0.2, 0.25) is 0 Å². The molecule has 1 heterocycles. The van der Waals surface area contributed by atoms with E-state index in [1.54, 1.807) is 18.2 Å². The normalized spacial score (nSPS) is 10.4. The van der Waals surface area contributed by atoms with Gasteiger partial charge in [-0.15, -0.1) is 0 Å². The maximum absolute atomic E-state index is 12.3. The van der Waals surface area contributed by atoms with E-state index in [0.29, 0.717) is 11.0 Å². The fraction of sp³-hybridized carbons (Fsp3) is 0.0556. The molecule has 0 spiro atoms. The Hall–Kier alpha value is -3.33. The largest absolute Gasteiger partial charge is 0.504 e. The Bertz CT molecular complexity index is 1110. The average molecular weight is 433 g/mol. The van der Waals surface area contributed by atoms with Crippen molar-refractivity contribution in [3.8, 4) is 11.5 Å². The van der Waals surface area contributed by atoms with Crippen molar-refractivity contribution < 1.29 is 23.8 Å². The highest BCUT2D eigenvalue weighted by Crippen LogP contribution is 2.29. The van der Waals surface area contributed by atoms with E-state index in [0.717, 1.165) is 4.47 Å². The molecular weight excluding hydrogens is 420 g/mol. The number of benzene rings is 2. The van der Waals surface area contributed by atoms with Crippen molar-refractivity contribution in [3.63, 3.8) is 0 Å². The first-order chi connectivity index (χ1) is 12.9. The predicted octanol–water partition coefficient (Wildman–Crippen LogP) is 2.34. The third-order valence-electron chi connectivity index (χ3n) is 3.69. The lowest BCUT2D eigenvalue weighted by atomic mass is 10.1. The molecule has 0 aliphatic rings. The smallest absolute Gasteiger partial charge is 0.349 e. The number of carbonyl (C=O) groups is 2. The zero-order chi connectivity index (χ0) is 19.6. The van der Waals surface area contributed by atoms with Gasteiger partial charge in [0.15, 0.2) is 11.5 Å². The van der Waals surface area contributed by atoms with Gasteiger partial charge in [0.1, 0.15) is 11.1 Å². The van der Waals surface area contributed by atoms with Crippen molar-refractivity contribution in [2.45, 2.75) is 0 Å². The molecule has 8 nitrogen and oxygen atoms in total. The van der Waals surface area contributed by atoms with Gasteiger partial charge >= 0.3 is 5.63 Å². The van der Waals surface area contributed by atoms with E-state index < -0.39 is 17.4 Å². The van der Waals surface area contributed by atoms with Crippen molar-refractivity contribution in [2.24, 2.45) is 0 Å². The number of para-hydroxylation sites is 1. The molecule has 1 aromatic heterocycles. The quantitative estimate of drug-likeness (QED) is 0.431. The van der Waals surface area contributed by atoms with Crippen LogP contribution in [0.15, 0.2) is 56.1 Å². The van der Waals surface area contributed by atoms with Crippen molar-refractivity contribution in [2.75, 3.05) is 7.11 Å². The molecule has 9 heteroatoms. The first kappa shape index (κ1) is 18.5. The molecule has 0 saturated heterocycles. The molecule has 2 aromatic carbocycles. The van der Waals surface area contributed by atoms with E-state index in [2.05, 4.69) is 26.8 Å². The number of nitrogens with one attached hydrogen (secondary N) is 2. The van der Waals surface area contributed by atoms with Crippen molar-refractivity contribution in [3.05, 3.63) is 68.5 Å². The zero-order valence-corrected chi connectivity index (χ0v) is 15.5.